The molecule has 3 nitrogen and oxygen atoms in total. The van der Waals surface area contributed by atoms with Crippen molar-refractivity contribution < 1.29 is 19.0 Å². The standard InChI is InChI=1S/C14H9Cl2FO3/c15-10-5-9(14(18)19)6-11(16)13(10)20-7-8-3-1-2-4-12(8)17/h1-6H,7H2,(H,18,19)/p-1. The van der Waals surface area contributed by atoms with Crippen LogP contribution in [0.5, 0.6) is 5.75 Å². The molecule has 0 bridgehead atoms. The van der Waals surface area contributed by atoms with Gasteiger partial charge in [0.15, 0.2) is 5.75 Å². The molecule has 0 saturated carbocycles. The van der Waals surface area contributed by atoms with Gasteiger partial charge in [0.2, 0.25) is 0 Å². The van der Waals surface area contributed by atoms with E-state index in [-0.39, 0.29) is 28.0 Å². The maximum absolute atomic E-state index is 13.4. The first-order valence-electron chi connectivity index (χ1n) is 5.55. The van der Waals surface area contributed by atoms with Crippen molar-refractivity contribution in [1.82, 2.24) is 0 Å². The van der Waals surface area contributed by atoms with E-state index < -0.39 is 11.8 Å². The van der Waals surface area contributed by atoms with Gasteiger partial charge in [-0.25, -0.2) is 4.39 Å². The molecule has 0 spiro atoms. The Balaban J connectivity index is 2.22. The summed E-state index contributed by atoms with van der Waals surface area (Å²) in [6.45, 7) is -0.0726. The highest BCUT2D eigenvalue weighted by molar-refractivity contribution is 6.37. The molecule has 0 N–H and O–H groups in total. The normalized spacial score (nSPS) is 10.3. The molecule has 0 fully saturated rings. The van der Waals surface area contributed by atoms with Crippen molar-refractivity contribution in [3.8, 4) is 5.75 Å². The van der Waals surface area contributed by atoms with Gasteiger partial charge >= 0.3 is 0 Å². The van der Waals surface area contributed by atoms with Crippen LogP contribution in [0, 0.1) is 5.82 Å². The zero-order valence-corrected chi connectivity index (χ0v) is 11.5. The minimum Gasteiger partial charge on any atom is -0.545 e. The second-order valence-electron chi connectivity index (χ2n) is 3.94. The summed E-state index contributed by atoms with van der Waals surface area (Å²) in [7, 11) is 0. The number of hydrogen-bond acceptors (Lipinski definition) is 3. The number of rotatable bonds is 4. The summed E-state index contributed by atoms with van der Waals surface area (Å²) in [6, 6.07) is 8.43. The Bertz CT molecular complexity index is 636. The molecule has 2 rings (SSSR count). The van der Waals surface area contributed by atoms with Crippen LogP contribution in [-0.4, -0.2) is 5.97 Å². The summed E-state index contributed by atoms with van der Waals surface area (Å²) in [6.07, 6.45) is 0. The summed E-state index contributed by atoms with van der Waals surface area (Å²) >= 11 is 11.8. The lowest BCUT2D eigenvalue weighted by Gasteiger charge is -2.12. The van der Waals surface area contributed by atoms with Crippen LogP contribution in [0.15, 0.2) is 36.4 Å². The first kappa shape index (κ1) is 14.6. The zero-order valence-electron chi connectivity index (χ0n) is 10.0. The quantitative estimate of drug-likeness (QED) is 0.871. The third-order valence-corrected chi connectivity index (χ3v) is 3.13. The van der Waals surface area contributed by atoms with Gasteiger partial charge in [-0.3, -0.25) is 0 Å². The van der Waals surface area contributed by atoms with Gasteiger partial charge in [-0.1, -0.05) is 41.4 Å². The molecule has 0 saturated heterocycles. The number of aromatic carboxylic acids is 1. The average molecular weight is 314 g/mol. The monoisotopic (exact) mass is 313 g/mol. The Morgan fingerprint density at radius 3 is 2.35 bits per heavy atom. The Hall–Kier alpha value is -1.78. The van der Waals surface area contributed by atoms with E-state index in [9.17, 15) is 14.3 Å². The number of halogens is 3. The Labute approximate surface area is 124 Å². The topological polar surface area (TPSA) is 49.4 Å². The molecule has 2 aromatic carbocycles. The minimum atomic E-state index is -1.39. The molecule has 0 heterocycles. The maximum atomic E-state index is 13.4. The highest BCUT2D eigenvalue weighted by atomic mass is 35.5. The highest BCUT2D eigenvalue weighted by Crippen LogP contribution is 2.34. The van der Waals surface area contributed by atoms with Crippen LogP contribution >= 0.6 is 23.2 Å². The largest absolute Gasteiger partial charge is 0.545 e. The van der Waals surface area contributed by atoms with E-state index in [1.54, 1.807) is 18.2 Å². The molecule has 0 aliphatic carbocycles. The van der Waals surface area contributed by atoms with E-state index >= 15 is 0 Å². The molecule has 0 aliphatic rings. The molecule has 0 atom stereocenters. The van der Waals surface area contributed by atoms with Gasteiger partial charge in [-0.05, 0) is 18.2 Å². The minimum absolute atomic E-state index is 0.0213. The molecule has 6 heteroatoms. The number of carboxylic acid groups (broad SMARTS) is 1. The summed E-state index contributed by atoms with van der Waals surface area (Å²) in [5.41, 5.74) is 0.182. The Kier molecular flexibility index (Phi) is 4.47. The number of carboxylic acids is 1. The van der Waals surface area contributed by atoms with Crippen molar-refractivity contribution in [3.05, 3.63) is 63.4 Å². The van der Waals surface area contributed by atoms with E-state index in [1.807, 2.05) is 0 Å². The number of benzene rings is 2. The van der Waals surface area contributed by atoms with Crippen molar-refractivity contribution >= 4 is 29.2 Å². The highest BCUT2D eigenvalue weighted by Gasteiger charge is 2.11. The van der Waals surface area contributed by atoms with Gasteiger partial charge in [-0.15, -0.1) is 0 Å². The predicted molar refractivity (Wildman–Crippen MR) is 71.5 cm³/mol. The maximum Gasteiger partial charge on any atom is 0.157 e. The van der Waals surface area contributed by atoms with E-state index in [1.165, 1.54) is 18.2 Å². The van der Waals surface area contributed by atoms with Gasteiger partial charge in [0.25, 0.3) is 0 Å². The molecule has 0 amide bonds. The fourth-order valence-electron chi connectivity index (χ4n) is 1.58. The molecule has 20 heavy (non-hydrogen) atoms. The molecule has 0 aromatic heterocycles. The van der Waals surface area contributed by atoms with E-state index in [2.05, 4.69) is 0 Å². The van der Waals surface area contributed by atoms with Crippen LogP contribution in [0.1, 0.15) is 15.9 Å². The van der Waals surface area contributed by atoms with Gasteiger partial charge in [-0.2, -0.15) is 0 Å². The summed E-state index contributed by atoms with van der Waals surface area (Å²) < 4.78 is 18.8. The van der Waals surface area contributed by atoms with E-state index in [0.717, 1.165) is 0 Å². The fraction of sp³-hybridized carbons (Fsp3) is 0.0714. The van der Waals surface area contributed by atoms with Crippen LogP contribution in [-0.2, 0) is 6.61 Å². The summed E-state index contributed by atoms with van der Waals surface area (Å²) in [5.74, 6) is -1.71. The summed E-state index contributed by atoms with van der Waals surface area (Å²) in [5, 5.41) is 10.8. The van der Waals surface area contributed by atoms with Crippen molar-refractivity contribution in [1.29, 1.82) is 0 Å². The number of hydrogen-bond donors (Lipinski definition) is 0. The van der Waals surface area contributed by atoms with Crippen LogP contribution in [0.4, 0.5) is 4.39 Å². The average Bonchev–Trinajstić information content (AvgIpc) is 2.39. The molecular weight excluding hydrogens is 306 g/mol. The third kappa shape index (κ3) is 3.21. The lowest BCUT2D eigenvalue weighted by Crippen LogP contribution is -2.22. The van der Waals surface area contributed by atoms with Gasteiger partial charge in [0, 0.05) is 11.1 Å². The van der Waals surface area contributed by atoms with Gasteiger partial charge < -0.3 is 14.6 Å². The third-order valence-electron chi connectivity index (χ3n) is 2.56. The second-order valence-corrected chi connectivity index (χ2v) is 4.75. The van der Waals surface area contributed by atoms with Gasteiger partial charge in [0.1, 0.15) is 12.4 Å². The Morgan fingerprint density at radius 1 is 1.20 bits per heavy atom. The van der Waals surface area contributed by atoms with Crippen LogP contribution < -0.4 is 9.84 Å². The first-order chi connectivity index (χ1) is 9.49. The van der Waals surface area contributed by atoms with Crippen LogP contribution in [0.3, 0.4) is 0 Å². The van der Waals surface area contributed by atoms with E-state index in [0.29, 0.717) is 5.56 Å². The molecule has 0 unspecified atom stereocenters. The van der Waals surface area contributed by atoms with Crippen molar-refractivity contribution in [2.75, 3.05) is 0 Å². The summed E-state index contributed by atoms with van der Waals surface area (Å²) in [4.78, 5) is 10.7. The SMILES string of the molecule is O=C([O-])c1cc(Cl)c(OCc2ccccc2F)c(Cl)c1. The molecule has 0 radical (unpaired) electrons. The second kappa shape index (κ2) is 6.11. The predicted octanol–water partition coefficient (Wildman–Crippen LogP) is 3.08. The number of carbonyl (C=O) groups excluding carboxylic acids is 1. The number of ether oxygens (including phenoxy) is 1. The lowest BCUT2D eigenvalue weighted by atomic mass is 10.2. The Morgan fingerprint density at radius 2 is 1.80 bits per heavy atom. The smallest absolute Gasteiger partial charge is 0.157 e. The molecule has 104 valence electrons. The fourth-order valence-corrected chi connectivity index (χ4v) is 2.18. The first-order valence-corrected chi connectivity index (χ1v) is 6.31. The molecule has 0 aliphatic heterocycles. The zero-order chi connectivity index (χ0) is 14.7. The van der Waals surface area contributed by atoms with Crippen molar-refractivity contribution in [3.63, 3.8) is 0 Å². The number of carbonyl (C=O) groups is 1. The van der Waals surface area contributed by atoms with Crippen LogP contribution in [0.25, 0.3) is 0 Å². The van der Waals surface area contributed by atoms with Crippen molar-refractivity contribution in [2.24, 2.45) is 0 Å². The van der Waals surface area contributed by atoms with Gasteiger partial charge in [0.05, 0.1) is 16.0 Å². The van der Waals surface area contributed by atoms with Crippen molar-refractivity contribution in [2.45, 2.75) is 6.61 Å². The molecule has 2 aromatic rings. The van der Waals surface area contributed by atoms with Crippen LogP contribution in [0.2, 0.25) is 10.0 Å². The lowest BCUT2D eigenvalue weighted by molar-refractivity contribution is -0.255. The van der Waals surface area contributed by atoms with E-state index in [4.69, 9.17) is 27.9 Å². The molecular formula is C14H8Cl2FO3-.